The molecule has 0 atom stereocenters. The van der Waals surface area contributed by atoms with Crippen molar-refractivity contribution in [2.75, 3.05) is 32.7 Å². The zero-order valence-corrected chi connectivity index (χ0v) is 13.9. The Bertz CT molecular complexity index is 382. The molecule has 0 radical (unpaired) electrons. The zero-order valence-electron chi connectivity index (χ0n) is 13.9. The minimum Gasteiger partial charge on any atom is -0.481 e. The summed E-state index contributed by atoms with van der Waals surface area (Å²) in [6, 6.07) is 0. The van der Waals surface area contributed by atoms with Gasteiger partial charge in [-0.25, -0.2) is 0 Å². The van der Waals surface area contributed by atoms with E-state index in [0.717, 1.165) is 26.2 Å². The molecule has 1 fully saturated rings. The Labute approximate surface area is 127 Å². The van der Waals surface area contributed by atoms with E-state index in [1.807, 2.05) is 34.6 Å². The molecule has 6 nitrogen and oxygen atoms in total. The van der Waals surface area contributed by atoms with Crippen LogP contribution in [0.5, 0.6) is 0 Å². The van der Waals surface area contributed by atoms with Crippen LogP contribution in [0, 0.1) is 0 Å². The average molecular weight is 299 g/mol. The lowest BCUT2D eigenvalue weighted by molar-refractivity contribution is -0.149. The first-order chi connectivity index (χ1) is 9.56. The normalized spacial score (nSPS) is 17.6. The monoisotopic (exact) mass is 299 g/mol. The largest absolute Gasteiger partial charge is 0.481 e. The quantitative estimate of drug-likeness (QED) is 0.784. The molecule has 0 aromatic heterocycles. The Balaban J connectivity index is 2.89. The molecular formula is C15H29N3O3. The number of hydrogen-bond acceptors (Lipinski definition) is 4. The summed E-state index contributed by atoms with van der Waals surface area (Å²) in [6.07, 6.45) is -0.0271. The van der Waals surface area contributed by atoms with Crippen molar-refractivity contribution in [3.63, 3.8) is 0 Å². The molecule has 0 aromatic rings. The van der Waals surface area contributed by atoms with Crippen molar-refractivity contribution < 1.29 is 14.7 Å². The third-order valence-corrected chi connectivity index (χ3v) is 4.04. The second kappa shape index (κ2) is 6.75. The number of nitrogens with zero attached hydrogens (tertiary/aromatic N) is 2. The average Bonchev–Trinajstić information content (AvgIpc) is 2.37. The maximum atomic E-state index is 13.0. The lowest BCUT2D eigenvalue weighted by Gasteiger charge is -2.46. The second-order valence-electron chi connectivity index (χ2n) is 7.07. The Hall–Kier alpha value is -1.14. The van der Waals surface area contributed by atoms with Gasteiger partial charge in [0.05, 0.1) is 12.0 Å². The van der Waals surface area contributed by atoms with Gasteiger partial charge in [-0.1, -0.05) is 0 Å². The number of carboxylic acids is 1. The zero-order chi connectivity index (χ0) is 16.3. The predicted molar refractivity (Wildman–Crippen MR) is 82.2 cm³/mol. The van der Waals surface area contributed by atoms with Gasteiger partial charge in [0.1, 0.15) is 0 Å². The summed E-state index contributed by atoms with van der Waals surface area (Å²) in [5.41, 5.74) is -1.01. The first-order valence-electron chi connectivity index (χ1n) is 7.56. The fourth-order valence-electron chi connectivity index (χ4n) is 2.64. The van der Waals surface area contributed by atoms with Crippen molar-refractivity contribution in [3.05, 3.63) is 0 Å². The Morgan fingerprint density at radius 2 is 1.67 bits per heavy atom. The summed E-state index contributed by atoms with van der Waals surface area (Å²) in [6.45, 7) is 13.4. The van der Waals surface area contributed by atoms with Crippen LogP contribution in [0.25, 0.3) is 0 Å². The SMILES string of the molecule is CC(C)(C)N(CCC(=O)O)C(=O)C(C)(C)N1CCNCC1. The van der Waals surface area contributed by atoms with Crippen LogP contribution >= 0.6 is 0 Å². The van der Waals surface area contributed by atoms with E-state index in [9.17, 15) is 9.59 Å². The van der Waals surface area contributed by atoms with Gasteiger partial charge in [-0.2, -0.15) is 0 Å². The van der Waals surface area contributed by atoms with Gasteiger partial charge in [0, 0.05) is 38.3 Å². The molecule has 21 heavy (non-hydrogen) atoms. The maximum absolute atomic E-state index is 13.0. The lowest BCUT2D eigenvalue weighted by Crippen LogP contribution is -2.63. The van der Waals surface area contributed by atoms with Crippen LogP contribution in [0.1, 0.15) is 41.0 Å². The van der Waals surface area contributed by atoms with E-state index in [1.165, 1.54) is 0 Å². The van der Waals surface area contributed by atoms with Gasteiger partial charge in [-0.05, 0) is 34.6 Å². The van der Waals surface area contributed by atoms with Crippen molar-refractivity contribution in [1.29, 1.82) is 0 Å². The minimum absolute atomic E-state index is 0.00171. The highest BCUT2D eigenvalue weighted by Gasteiger charge is 2.41. The molecule has 6 heteroatoms. The smallest absolute Gasteiger partial charge is 0.305 e. The minimum atomic E-state index is -0.878. The van der Waals surface area contributed by atoms with E-state index < -0.39 is 17.0 Å². The molecule has 2 N–H and O–H groups in total. The number of carboxylic acid groups (broad SMARTS) is 1. The molecule has 1 aliphatic rings. The highest BCUT2D eigenvalue weighted by Crippen LogP contribution is 2.24. The van der Waals surface area contributed by atoms with Gasteiger partial charge >= 0.3 is 5.97 Å². The van der Waals surface area contributed by atoms with Gasteiger partial charge in [0.25, 0.3) is 0 Å². The second-order valence-corrected chi connectivity index (χ2v) is 7.07. The van der Waals surface area contributed by atoms with Gasteiger partial charge in [-0.3, -0.25) is 14.5 Å². The molecule has 0 bridgehead atoms. The summed E-state index contributed by atoms with van der Waals surface area (Å²) < 4.78 is 0. The fraction of sp³-hybridized carbons (Fsp3) is 0.867. The third kappa shape index (κ3) is 4.68. The van der Waals surface area contributed by atoms with Crippen LogP contribution in [-0.4, -0.2) is 70.6 Å². The molecule has 0 unspecified atom stereocenters. The van der Waals surface area contributed by atoms with Gasteiger partial charge in [-0.15, -0.1) is 0 Å². The van der Waals surface area contributed by atoms with E-state index in [-0.39, 0.29) is 18.9 Å². The molecule has 1 aliphatic heterocycles. The van der Waals surface area contributed by atoms with E-state index in [4.69, 9.17) is 5.11 Å². The van der Waals surface area contributed by atoms with Crippen molar-refractivity contribution >= 4 is 11.9 Å². The molecule has 1 saturated heterocycles. The molecule has 1 amide bonds. The molecule has 0 aromatic carbocycles. The van der Waals surface area contributed by atoms with E-state index in [1.54, 1.807) is 4.90 Å². The fourth-order valence-corrected chi connectivity index (χ4v) is 2.64. The number of nitrogens with one attached hydrogen (secondary N) is 1. The third-order valence-electron chi connectivity index (χ3n) is 4.04. The van der Waals surface area contributed by atoms with Crippen LogP contribution in [-0.2, 0) is 9.59 Å². The predicted octanol–water partition coefficient (Wildman–Crippen LogP) is 0.772. The molecule has 122 valence electrons. The van der Waals surface area contributed by atoms with Gasteiger partial charge in [0.2, 0.25) is 5.91 Å². The number of aliphatic carboxylic acids is 1. The van der Waals surface area contributed by atoms with Crippen LogP contribution in [0.4, 0.5) is 0 Å². The maximum Gasteiger partial charge on any atom is 0.305 e. The highest BCUT2D eigenvalue weighted by molar-refractivity contribution is 5.86. The van der Waals surface area contributed by atoms with Crippen molar-refractivity contribution in [2.45, 2.75) is 52.1 Å². The van der Waals surface area contributed by atoms with Gasteiger partial charge < -0.3 is 15.3 Å². The number of piperazine rings is 1. The lowest BCUT2D eigenvalue weighted by atomic mass is 9.95. The number of amides is 1. The molecule has 0 aliphatic carbocycles. The molecule has 0 saturated carbocycles. The van der Waals surface area contributed by atoms with E-state index in [0.29, 0.717) is 0 Å². The van der Waals surface area contributed by atoms with E-state index in [2.05, 4.69) is 10.2 Å². The van der Waals surface area contributed by atoms with Crippen molar-refractivity contribution in [3.8, 4) is 0 Å². The summed E-state index contributed by atoms with van der Waals surface area (Å²) in [5, 5.41) is 12.2. The summed E-state index contributed by atoms with van der Waals surface area (Å²) in [7, 11) is 0. The standard InChI is InChI=1S/C15H29N3O3/c1-14(2,3)18(9-6-12(19)20)13(21)15(4,5)17-10-7-16-8-11-17/h16H,6-11H2,1-5H3,(H,19,20). The molecular weight excluding hydrogens is 270 g/mol. The van der Waals surface area contributed by atoms with E-state index >= 15 is 0 Å². The van der Waals surface area contributed by atoms with Crippen LogP contribution in [0.15, 0.2) is 0 Å². The Morgan fingerprint density at radius 1 is 1.14 bits per heavy atom. The van der Waals surface area contributed by atoms with Crippen molar-refractivity contribution in [2.24, 2.45) is 0 Å². The first-order valence-corrected chi connectivity index (χ1v) is 7.56. The Kier molecular flexibility index (Phi) is 5.75. The summed E-state index contributed by atoms with van der Waals surface area (Å²) >= 11 is 0. The number of hydrogen-bond donors (Lipinski definition) is 2. The first kappa shape index (κ1) is 17.9. The number of carbonyl (C=O) groups excluding carboxylic acids is 1. The van der Waals surface area contributed by atoms with Crippen molar-refractivity contribution in [1.82, 2.24) is 15.1 Å². The number of carbonyl (C=O) groups is 2. The molecule has 0 spiro atoms. The highest BCUT2D eigenvalue weighted by atomic mass is 16.4. The number of rotatable bonds is 5. The topological polar surface area (TPSA) is 72.9 Å². The summed E-state index contributed by atoms with van der Waals surface area (Å²) in [5.74, 6) is -0.879. The summed E-state index contributed by atoms with van der Waals surface area (Å²) in [4.78, 5) is 27.7. The molecule has 1 heterocycles. The van der Waals surface area contributed by atoms with Crippen LogP contribution < -0.4 is 5.32 Å². The molecule has 1 rings (SSSR count). The van der Waals surface area contributed by atoms with Crippen LogP contribution in [0.2, 0.25) is 0 Å². The van der Waals surface area contributed by atoms with Gasteiger partial charge in [0.15, 0.2) is 0 Å². The van der Waals surface area contributed by atoms with Crippen LogP contribution in [0.3, 0.4) is 0 Å². The Morgan fingerprint density at radius 3 is 2.10 bits per heavy atom.